The summed E-state index contributed by atoms with van der Waals surface area (Å²) in [5.74, 6) is -0.188. The second-order valence-corrected chi connectivity index (χ2v) is 6.32. The Balaban J connectivity index is 1.95. The molecule has 26 heavy (non-hydrogen) atoms. The van der Waals surface area contributed by atoms with Crippen molar-refractivity contribution in [3.05, 3.63) is 92.5 Å². The van der Waals surface area contributed by atoms with Crippen molar-refractivity contribution in [2.24, 2.45) is 4.99 Å². The van der Waals surface area contributed by atoms with Crippen molar-refractivity contribution in [2.75, 3.05) is 0 Å². The number of aromatic amines is 1. The molecule has 6 heteroatoms. The molecular formula is C20H19N3O2S. The summed E-state index contributed by atoms with van der Waals surface area (Å²) in [5.41, 5.74) is 1.63. The second-order valence-electron chi connectivity index (χ2n) is 5.93. The molecule has 0 spiro atoms. The summed E-state index contributed by atoms with van der Waals surface area (Å²) in [6, 6.07) is 19.2. The summed E-state index contributed by atoms with van der Waals surface area (Å²) in [7, 11) is 0. The van der Waals surface area contributed by atoms with Gasteiger partial charge in [0.05, 0.1) is 12.6 Å². The van der Waals surface area contributed by atoms with Crippen LogP contribution in [0.3, 0.4) is 0 Å². The Labute approximate surface area is 156 Å². The number of nitrogens with one attached hydrogen (secondary N) is 1. The lowest BCUT2D eigenvalue weighted by atomic mass is 10.1. The Morgan fingerprint density at radius 2 is 1.77 bits per heavy atom. The molecule has 0 saturated carbocycles. The third kappa shape index (κ3) is 3.97. The Morgan fingerprint density at radius 3 is 2.42 bits per heavy atom. The van der Waals surface area contributed by atoms with Crippen LogP contribution in [0.15, 0.2) is 70.5 Å². The molecule has 0 bridgehead atoms. The number of hydrogen-bond acceptors (Lipinski definition) is 4. The summed E-state index contributed by atoms with van der Waals surface area (Å²) >= 11 is 5.20. The Bertz CT molecular complexity index is 1020. The fourth-order valence-electron chi connectivity index (χ4n) is 2.61. The van der Waals surface area contributed by atoms with Gasteiger partial charge >= 0.3 is 0 Å². The molecule has 0 saturated heterocycles. The molecule has 0 aliphatic rings. The quantitative estimate of drug-likeness (QED) is 0.533. The number of aromatic nitrogens is 2. The topological polar surface area (TPSA) is 70.4 Å². The maximum Gasteiger partial charge on any atom is 0.264 e. The third-order valence-corrected chi connectivity index (χ3v) is 4.42. The van der Waals surface area contributed by atoms with Crippen LogP contribution in [0.2, 0.25) is 0 Å². The van der Waals surface area contributed by atoms with Crippen molar-refractivity contribution in [3.8, 4) is 5.88 Å². The number of hydrogen-bond donors (Lipinski definition) is 2. The number of nitrogens with zero attached hydrogens (tertiary/aromatic N) is 2. The van der Waals surface area contributed by atoms with Crippen LogP contribution in [0.25, 0.3) is 0 Å². The van der Waals surface area contributed by atoms with Gasteiger partial charge in [0.25, 0.3) is 5.56 Å². The fraction of sp³-hybridized carbons (Fsp3) is 0.150. The van der Waals surface area contributed by atoms with Gasteiger partial charge < -0.3 is 5.11 Å². The largest absolute Gasteiger partial charge is 0.494 e. The van der Waals surface area contributed by atoms with E-state index in [0.29, 0.717) is 6.54 Å². The highest BCUT2D eigenvalue weighted by Gasteiger charge is 2.12. The van der Waals surface area contributed by atoms with Gasteiger partial charge in [-0.1, -0.05) is 60.7 Å². The normalized spacial score (nSPS) is 12.3. The average Bonchev–Trinajstić information content (AvgIpc) is 2.66. The number of rotatable bonds is 5. The average molecular weight is 365 g/mol. The molecule has 1 heterocycles. The lowest BCUT2D eigenvalue weighted by Gasteiger charge is -2.12. The zero-order chi connectivity index (χ0) is 18.5. The van der Waals surface area contributed by atoms with Crippen LogP contribution in [0, 0.1) is 4.77 Å². The van der Waals surface area contributed by atoms with E-state index in [4.69, 9.17) is 12.2 Å². The Hall–Kier alpha value is -2.99. The minimum atomic E-state index is -0.458. The van der Waals surface area contributed by atoms with E-state index in [1.54, 1.807) is 0 Å². The molecule has 5 nitrogen and oxygen atoms in total. The van der Waals surface area contributed by atoms with Crippen LogP contribution in [0.1, 0.15) is 29.7 Å². The molecule has 1 unspecified atom stereocenters. The van der Waals surface area contributed by atoms with E-state index in [1.165, 1.54) is 10.8 Å². The van der Waals surface area contributed by atoms with Crippen LogP contribution in [0.5, 0.6) is 5.88 Å². The van der Waals surface area contributed by atoms with Gasteiger partial charge in [0.2, 0.25) is 5.88 Å². The number of aromatic hydroxyl groups is 1. The van der Waals surface area contributed by atoms with Crippen molar-refractivity contribution in [1.82, 2.24) is 9.55 Å². The van der Waals surface area contributed by atoms with Gasteiger partial charge in [-0.3, -0.25) is 19.3 Å². The van der Waals surface area contributed by atoms with Crippen LogP contribution < -0.4 is 5.56 Å². The molecule has 0 aliphatic carbocycles. The molecule has 0 aliphatic heterocycles. The fourth-order valence-corrected chi connectivity index (χ4v) is 2.85. The standard InChI is InChI=1S/C20H19N3O2S/c1-14(16-10-6-3-7-11-16)21-12-17-18(24)22-20(26)23(19(17)25)13-15-8-4-2-5-9-15/h2-12,14,25H,13H2,1H3,(H,22,24,26). The molecule has 2 N–H and O–H groups in total. The van der Waals surface area contributed by atoms with Crippen molar-refractivity contribution < 1.29 is 5.11 Å². The summed E-state index contributed by atoms with van der Waals surface area (Å²) in [4.78, 5) is 19.2. The molecule has 1 atom stereocenters. The second kappa shape index (κ2) is 7.93. The summed E-state index contributed by atoms with van der Waals surface area (Å²) in [5, 5.41) is 10.6. The number of H-pyrrole nitrogens is 1. The van der Waals surface area contributed by atoms with Crippen LogP contribution in [-0.4, -0.2) is 20.9 Å². The Kier molecular flexibility index (Phi) is 5.43. The van der Waals surface area contributed by atoms with E-state index >= 15 is 0 Å². The lowest BCUT2D eigenvalue weighted by molar-refractivity contribution is 0.411. The maximum absolute atomic E-state index is 12.2. The highest BCUT2D eigenvalue weighted by atomic mass is 32.1. The zero-order valence-corrected chi connectivity index (χ0v) is 15.1. The summed E-state index contributed by atoms with van der Waals surface area (Å²) in [6.45, 7) is 2.29. The van der Waals surface area contributed by atoms with Gasteiger partial charge in [-0.05, 0) is 30.3 Å². The van der Waals surface area contributed by atoms with Gasteiger partial charge in [-0.2, -0.15) is 0 Å². The molecule has 2 aromatic carbocycles. The first-order valence-electron chi connectivity index (χ1n) is 8.24. The molecule has 3 aromatic rings. The molecule has 0 amide bonds. The van der Waals surface area contributed by atoms with E-state index in [0.717, 1.165) is 11.1 Å². The van der Waals surface area contributed by atoms with Crippen molar-refractivity contribution in [3.63, 3.8) is 0 Å². The van der Waals surface area contributed by atoms with Gasteiger partial charge in [-0.25, -0.2) is 0 Å². The molecular weight excluding hydrogens is 346 g/mol. The van der Waals surface area contributed by atoms with Crippen LogP contribution >= 0.6 is 12.2 Å². The van der Waals surface area contributed by atoms with Crippen molar-refractivity contribution in [1.29, 1.82) is 0 Å². The molecule has 3 rings (SSSR count). The first-order valence-corrected chi connectivity index (χ1v) is 8.65. The SMILES string of the molecule is CC(N=Cc1c(O)n(Cc2ccccc2)c(=S)[nH]c1=O)c1ccccc1. The van der Waals surface area contributed by atoms with Crippen molar-refractivity contribution >= 4 is 18.4 Å². The van der Waals surface area contributed by atoms with Crippen LogP contribution in [0.4, 0.5) is 0 Å². The van der Waals surface area contributed by atoms with E-state index in [1.807, 2.05) is 67.6 Å². The number of benzene rings is 2. The van der Waals surface area contributed by atoms with E-state index in [2.05, 4.69) is 9.98 Å². The summed E-state index contributed by atoms with van der Waals surface area (Å²) in [6.07, 6.45) is 1.40. The first kappa shape index (κ1) is 17.8. The highest BCUT2D eigenvalue weighted by Crippen LogP contribution is 2.18. The van der Waals surface area contributed by atoms with Gasteiger partial charge in [0.1, 0.15) is 5.56 Å². The zero-order valence-electron chi connectivity index (χ0n) is 14.3. The smallest absolute Gasteiger partial charge is 0.264 e. The summed E-state index contributed by atoms with van der Waals surface area (Å²) < 4.78 is 1.66. The lowest BCUT2D eigenvalue weighted by Crippen LogP contribution is -2.19. The predicted octanol–water partition coefficient (Wildman–Crippen LogP) is 3.84. The third-order valence-electron chi connectivity index (χ3n) is 4.10. The van der Waals surface area contributed by atoms with Crippen molar-refractivity contribution in [2.45, 2.75) is 19.5 Å². The van der Waals surface area contributed by atoms with E-state index in [9.17, 15) is 9.90 Å². The van der Waals surface area contributed by atoms with Crippen LogP contribution in [-0.2, 0) is 6.54 Å². The monoisotopic (exact) mass is 365 g/mol. The number of aliphatic imine (C=N–C) groups is 1. The highest BCUT2D eigenvalue weighted by molar-refractivity contribution is 7.71. The molecule has 0 fully saturated rings. The van der Waals surface area contributed by atoms with E-state index in [-0.39, 0.29) is 22.3 Å². The molecule has 0 radical (unpaired) electrons. The van der Waals surface area contributed by atoms with Gasteiger partial charge in [0.15, 0.2) is 4.77 Å². The Morgan fingerprint density at radius 1 is 1.15 bits per heavy atom. The van der Waals surface area contributed by atoms with E-state index < -0.39 is 5.56 Å². The van der Waals surface area contributed by atoms with Gasteiger partial charge in [0, 0.05) is 6.21 Å². The molecule has 1 aromatic heterocycles. The van der Waals surface area contributed by atoms with Gasteiger partial charge in [-0.15, -0.1) is 0 Å². The molecule has 132 valence electrons. The first-order chi connectivity index (χ1) is 12.6. The minimum Gasteiger partial charge on any atom is -0.494 e. The predicted molar refractivity (Wildman–Crippen MR) is 106 cm³/mol. The minimum absolute atomic E-state index is 0.0947. The maximum atomic E-state index is 12.2.